The molecule has 1 saturated heterocycles. The topological polar surface area (TPSA) is 55.7 Å². The molecule has 0 saturated carbocycles. The van der Waals surface area contributed by atoms with Gasteiger partial charge in [0.15, 0.2) is 8.47 Å². The second-order valence-electron chi connectivity index (χ2n) is 4.00. The summed E-state index contributed by atoms with van der Waals surface area (Å²) in [7, 11) is 0. The second kappa shape index (κ2) is 4.62. The van der Waals surface area contributed by atoms with Crippen LogP contribution < -0.4 is 0 Å². The molecular formula is C10H11IN4OS. The van der Waals surface area contributed by atoms with Crippen molar-refractivity contribution < 1.29 is 4.74 Å². The lowest BCUT2D eigenvalue weighted by Gasteiger charge is -2.23. The van der Waals surface area contributed by atoms with Crippen molar-refractivity contribution in [2.24, 2.45) is 0 Å². The molecule has 0 bridgehead atoms. The van der Waals surface area contributed by atoms with Crippen LogP contribution in [0.2, 0.25) is 0 Å². The zero-order valence-corrected chi connectivity index (χ0v) is 12.0. The fourth-order valence-corrected chi connectivity index (χ4v) is 2.97. The van der Waals surface area contributed by atoms with E-state index < -0.39 is 0 Å². The van der Waals surface area contributed by atoms with Crippen LogP contribution in [0.4, 0.5) is 0 Å². The van der Waals surface area contributed by atoms with Gasteiger partial charge < -0.3 is 9.72 Å². The Morgan fingerprint density at radius 1 is 1.53 bits per heavy atom. The van der Waals surface area contributed by atoms with E-state index in [-0.39, 0.29) is 6.23 Å². The van der Waals surface area contributed by atoms with Gasteiger partial charge in [0.1, 0.15) is 17.4 Å². The Bertz CT molecular complexity index is 602. The van der Waals surface area contributed by atoms with Crippen LogP contribution in [0.5, 0.6) is 0 Å². The van der Waals surface area contributed by atoms with Crippen LogP contribution in [-0.2, 0) is 4.74 Å². The van der Waals surface area contributed by atoms with E-state index in [2.05, 4.69) is 37.5 Å². The van der Waals surface area contributed by atoms with Crippen molar-refractivity contribution in [2.45, 2.75) is 25.5 Å². The van der Waals surface area contributed by atoms with Gasteiger partial charge in [-0.1, -0.05) is 12.2 Å². The van der Waals surface area contributed by atoms with Crippen LogP contribution in [0, 0.1) is 8.47 Å². The van der Waals surface area contributed by atoms with Gasteiger partial charge in [-0.3, -0.25) is 4.57 Å². The maximum atomic E-state index is 5.76. The summed E-state index contributed by atoms with van der Waals surface area (Å²) >= 11 is 7.33. The summed E-state index contributed by atoms with van der Waals surface area (Å²) in [6, 6.07) is 0. The van der Waals surface area contributed by atoms with Gasteiger partial charge in [0, 0.05) is 6.61 Å². The van der Waals surface area contributed by atoms with E-state index in [1.165, 1.54) is 6.42 Å². The van der Waals surface area contributed by atoms with Crippen molar-refractivity contribution in [3.05, 3.63) is 14.8 Å². The normalized spacial score (nSPS) is 20.9. The van der Waals surface area contributed by atoms with Crippen LogP contribution in [0.15, 0.2) is 6.33 Å². The van der Waals surface area contributed by atoms with Crippen LogP contribution in [0.25, 0.3) is 11.2 Å². The molecule has 7 heteroatoms. The van der Waals surface area contributed by atoms with Crippen molar-refractivity contribution in [2.75, 3.05) is 6.61 Å². The molecule has 90 valence electrons. The molecule has 3 heterocycles. The summed E-state index contributed by atoms with van der Waals surface area (Å²) in [4.78, 5) is 11.7. The number of halogens is 1. The van der Waals surface area contributed by atoms with Crippen LogP contribution in [0.1, 0.15) is 25.5 Å². The minimum absolute atomic E-state index is 0.0672. The first-order valence-corrected chi connectivity index (χ1v) is 6.98. The average molecular weight is 362 g/mol. The number of H-pyrrole nitrogens is 1. The molecule has 0 aliphatic carbocycles. The highest BCUT2D eigenvalue weighted by Gasteiger charge is 2.18. The van der Waals surface area contributed by atoms with Crippen LogP contribution in [0.3, 0.4) is 0 Å². The first-order chi connectivity index (χ1) is 8.25. The minimum atomic E-state index is 0.0672. The highest BCUT2D eigenvalue weighted by molar-refractivity contribution is 14.1. The summed E-state index contributed by atoms with van der Waals surface area (Å²) in [5, 5.41) is 0. The lowest BCUT2D eigenvalue weighted by Crippen LogP contribution is -2.17. The van der Waals surface area contributed by atoms with Gasteiger partial charge in [-0.15, -0.1) is 0 Å². The number of nitrogens with zero attached hydrogens (tertiary/aromatic N) is 3. The zero-order valence-electron chi connectivity index (χ0n) is 9.02. The molecule has 0 spiro atoms. The molecular weight excluding hydrogens is 351 g/mol. The molecule has 1 atom stereocenters. The van der Waals surface area contributed by atoms with Crippen molar-refractivity contribution >= 4 is 46.0 Å². The van der Waals surface area contributed by atoms with E-state index in [9.17, 15) is 0 Å². The largest absolute Gasteiger partial charge is 0.358 e. The van der Waals surface area contributed by atoms with E-state index >= 15 is 0 Å². The number of hydrogen-bond donors (Lipinski definition) is 1. The van der Waals surface area contributed by atoms with Gasteiger partial charge in [0.2, 0.25) is 0 Å². The quantitative estimate of drug-likeness (QED) is 0.482. The standard InChI is InChI=1S/C10H11IN4OS/c11-10-13-8-7(9(17)14-10)12-5-15(8)6-3-1-2-4-16-6/h5-6H,1-4H2,(H,13,14,17). The molecule has 17 heavy (non-hydrogen) atoms. The zero-order chi connectivity index (χ0) is 11.8. The lowest BCUT2D eigenvalue weighted by molar-refractivity contribution is -0.0298. The minimum Gasteiger partial charge on any atom is -0.358 e. The smallest absolute Gasteiger partial charge is 0.171 e. The molecule has 1 unspecified atom stereocenters. The number of ether oxygens (including phenoxy) is 1. The molecule has 0 aromatic carbocycles. The third-order valence-corrected chi connectivity index (χ3v) is 3.68. The summed E-state index contributed by atoms with van der Waals surface area (Å²) in [6.45, 7) is 0.813. The molecule has 0 amide bonds. The molecule has 5 nitrogen and oxygen atoms in total. The maximum absolute atomic E-state index is 5.76. The summed E-state index contributed by atoms with van der Waals surface area (Å²) in [5.41, 5.74) is 1.65. The molecule has 0 radical (unpaired) electrons. The number of rotatable bonds is 1. The van der Waals surface area contributed by atoms with Gasteiger partial charge in [-0.2, -0.15) is 0 Å². The Balaban J connectivity index is 2.13. The third-order valence-electron chi connectivity index (χ3n) is 2.88. The fourth-order valence-electron chi connectivity index (χ4n) is 2.07. The van der Waals surface area contributed by atoms with Gasteiger partial charge in [0.25, 0.3) is 0 Å². The lowest BCUT2D eigenvalue weighted by atomic mass is 10.2. The van der Waals surface area contributed by atoms with Crippen LogP contribution in [-0.4, -0.2) is 26.1 Å². The van der Waals surface area contributed by atoms with E-state index in [0.29, 0.717) is 4.64 Å². The number of aromatic nitrogens is 4. The molecule has 1 N–H and O–H groups in total. The predicted molar refractivity (Wildman–Crippen MR) is 74.3 cm³/mol. The first-order valence-electron chi connectivity index (χ1n) is 5.49. The van der Waals surface area contributed by atoms with Gasteiger partial charge in [-0.25, -0.2) is 9.97 Å². The van der Waals surface area contributed by atoms with E-state index in [4.69, 9.17) is 17.0 Å². The summed E-state index contributed by atoms with van der Waals surface area (Å²) in [6.07, 6.45) is 5.19. The number of aromatic amines is 1. The maximum Gasteiger partial charge on any atom is 0.171 e. The molecule has 2 aromatic rings. The Morgan fingerprint density at radius 3 is 3.18 bits per heavy atom. The molecule has 2 aromatic heterocycles. The van der Waals surface area contributed by atoms with E-state index in [0.717, 1.165) is 34.4 Å². The third kappa shape index (κ3) is 2.11. The summed E-state index contributed by atoms with van der Waals surface area (Å²) < 4.78 is 9.09. The Hall–Kier alpha value is -0.540. The van der Waals surface area contributed by atoms with Gasteiger partial charge in [0.05, 0.1) is 6.33 Å². The first kappa shape index (κ1) is 11.5. The average Bonchev–Trinajstić information content (AvgIpc) is 2.74. The van der Waals surface area contributed by atoms with Gasteiger partial charge in [-0.05, 0) is 41.9 Å². The van der Waals surface area contributed by atoms with Crippen LogP contribution >= 0.6 is 34.8 Å². The number of imidazole rings is 1. The Kier molecular flexibility index (Phi) is 3.14. The molecule has 1 aliphatic rings. The Morgan fingerprint density at radius 2 is 2.41 bits per heavy atom. The number of nitrogens with one attached hydrogen (secondary N) is 1. The molecule has 1 aliphatic heterocycles. The Labute approximate surface area is 117 Å². The van der Waals surface area contributed by atoms with Crippen molar-refractivity contribution in [3.63, 3.8) is 0 Å². The predicted octanol–water partition coefficient (Wildman–Crippen LogP) is 2.79. The van der Waals surface area contributed by atoms with Gasteiger partial charge >= 0.3 is 0 Å². The summed E-state index contributed by atoms with van der Waals surface area (Å²) in [5.74, 6) is 0. The fraction of sp³-hybridized carbons (Fsp3) is 0.500. The molecule has 1 fully saturated rings. The van der Waals surface area contributed by atoms with Crippen molar-refractivity contribution in [1.29, 1.82) is 0 Å². The molecule has 3 rings (SSSR count). The number of hydrogen-bond acceptors (Lipinski definition) is 4. The van der Waals surface area contributed by atoms with E-state index in [1.807, 2.05) is 4.57 Å². The highest BCUT2D eigenvalue weighted by atomic mass is 127. The monoisotopic (exact) mass is 362 g/mol. The van der Waals surface area contributed by atoms with Crippen molar-refractivity contribution in [1.82, 2.24) is 19.5 Å². The van der Waals surface area contributed by atoms with Crippen molar-refractivity contribution in [3.8, 4) is 0 Å². The van der Waals surface area contributed by atoms with E-state index in [1.54, 1.807) is 6.33 Å². The SMILES string of the molecule is S=c1nc(I)[nH]c2c1ncn2C1CCCCO1. The highest BCUT2D eigenvalue weighted by Crippen LogP contribution is 2.25. The second-order valence-corrected chi connectivity index (χ2v) is 5.41. The number of fused-ring (bicyclic) bond motifs is 1.